The minimum Gasteiger partial charge on any atom is -0.379 e. The van der Waals surface area contributed by atoms with Crippen LogP contribution in [-0.2, 0) is 4.74 Å². The van der Waals surface area contributed by atoms with Gasteiger partial charge in [0.15, 0.2) is 0 Å². The Hall–Kier alpha value is 0.620. The van der Waals surface area contributed by atoms with Gasteiger partial charge in [0.25, 0.3) is 0 Å². The van der Waals surface area contributed by atoms with E-state index in [1.165, 1.54) is 13.0 Å². The molecule has 0 bridgehead atoms. The zero-order chi connectivity index (χ0) is 7.94. The van der Waals surface area contributed by atoms with Crippen molar-refractivity contribution in [2.45, 2.75) is 6.42 Å². The molecule has 0 radical (unpaired) electrons. The molecule has 2 nitrogen and oxygen atoms in total. The fraction of sp³-hybridized carbons (Fsp3) is 1.00. The summed E-state index contributed by atoms with van der Waals surface area (Å²) in [4.78, 5) is 2.45. The van der Waals surface area contributed by atoms with Crippen LogP contribution in [0.2, 0.25) is 0 Å². The Balaban J connectivity index is 1.96. The van der Waals surface area contributed by atoms with Gasteiger partial charge in [0.1, 0.15) is 0 Å². The maximum atomic E-state index is 5.24. The van der Waals surface area contributed by atoms with Gasteiger partial charge in [-0.25, -0.2) is 0 Å². The average molecular weight is 193 g/mol. The van der Waals surface area contributed by atoms with E-state index in [1.54, 1.807) is 10.8 Å². The molecule has 1 rings (SSSR count). The van der Waals surface area contributed by atoms with E-state index in [2.05, 4.69) is 16.6 Å². The van der Waals surface area contributed by atoms with E-state index in [-0.39, 0.29) is 0 Å². The zero-order valence-electron chi connectivity index (χ0n) is 6.66. The maximum absolute atomic E-state index is 5.24. The first-order valence-electron chi connectivity index (χ1n) is 4.00. The van der Waals surface area contributed by atoms with Gasteiger partial charge in [-0.05, 0) is 13.0 Å². The molecule has 0 atom stereocenters. The summed E-state index contributed by atoms with van der Waals surface area (Å²) < 4.78 is 5.24. The van der Waals surface area contributed by atoms with Gasteiger partial charge in [0.05, 0.1) is 13.2 Å². The molecule has 0 aromatic heterocycles. The van der Waals surface area contributed by atoms with Crippen LogP contribution >= 0.6 is 22.5 Å². The topological polar surface area (TPSA) is 12.5 Å². The quantitative estimate of drug-likeness (QED) is 0.410. The van der Waals surface area contributed by atoms with E-state index in [9.17, 15) is 0 Å². The highest BCUT2D eigenvalue weighted by Crippen LogP contribution is 2.07. The molecule has 1 fully saturated rings. The number of hydrogen-bond acceptors (Lipinski definition) is 4. The van der Waals surface area contributed by atoms with Crippen molar-refractivity contribution in [2.75, 3.05) is 38.6 Å². The predicted octanol–water partition coefficient (Wildman–Crippen LogP) is 1.29. The Labute approximate surface area is 77.5 Å². The van der Waals surface area contributed by atoms with Crippen LogP contribution in [0.4, 0.5) is 0 Å². The number of hydrogen-bond donors (Lipinski definition) is 1. The van der Waals surface area contributed by atoms with E-state index in [4.69, 9.17) is 4.74 Å². The van der Waals surface area contributed by atoms with Crippen molar-refractivity contribution >= 4 is 22.5 Å². The molecule has 1 aliphatic heterocycles. The minimum absolute atomic E-state index is 0.911. The van der Waals surface area contributed by atoms with Crippen LogP contribution in [0.3, 0.4) is 0 Å². The molecule has 0 unspecified atom stereocenters. The molecular weight excluding hydrogens is 178 g/mol. The minimum atomic E-state index is 0.911. The normalized spacial score (nSPS) is 20.5. The molecule has 0 N–H and O–H groups in total. The highest BCUT2D eigenvalue weighted by Gasteiger charge is 2.08. The van der Waals surface area contributed by atoms with Crippen LogP contribution in [-0.4, -0.2) is 43.5 Å². The summed E-state index contributed by atoms with van der Waals surface area (Å²) in [6, 6.07) is 0. The summed E-state index contributed by atoms with van der Waals surface area (Å²) in [5, 5.41) is 0. The summed E-state index contributed by atoms with van der Waals surface area (Å²) in [7, 11) is 1.63. The lowest BCUT2D eigenvalue weighted by Gasteiger charge is -2.26. The van der Waals surface area contributed by atoms with E-state index in [0.717, 1.165) is 32.1 Å². The van der Waals surface area contributed by atoms with Crippen LogP contribution in [0, 0.1) is 0 Å². The molecule has 11 heavy (non-hydrogen) atoms. The Morgan fingerprint density at radius 1 is 1.36 bits per heavy atom. The molecule has 1 heterocycles. The van der Waals surface area contributed by atoms with E-state index in [0.29, 0.717) is 0 Å². The van der Waals surface area contributed by atoms with Crippen LogP contribution < -0.4 is 0 Å². The molecule has 66 valence electrons. The second-order valence-corrected chi connectivity index (χ2v) is 4.08. The Kier molecular flexibility index (Phi) is 5.45. The third-order valence-electron chi connectivity index (χ3n) is 1.81. The van der Waals surface area contributed by atoms with Gasteiger partial charge in [0, 0.05) is 18.8 Å². The third-order valence-corrected chi connectivity index (χ3v) is 2.83. The van der Waals surface area contributed by atoms with Crippen LogP contribution in [0.25, 0.3) is 0 Å². The first-order chi connectivity index (χ1) is 5.43. The number of rotatable bonds is 4. The van der Waals surface area contributed by atoms with Crippen molar-refractivity contribution in [1.29, 1.82) is 0 Å². The van der Waals surface area contributed by atoms with Crippen LogP contribution in [0.15, 0.2) is 0 Å². The lowest BCUT2D eigenvalue weighted by atomic mass is 10.4. The average Bonchev–Trinajstić information content (AvgIpc) is 2.07. The highest BCUT2D eigenvalue weighted by atomic mass is 33.1. The molecule has 1 saturated heterocycles. The smallest absolute Gasteiger partial charge is 0.0594 e. The Morgan fingerprint density at radius 3 is 2.73 bits per heavy atom. The van der Waals surface area contributed by atoms with Gasteiger partial charge >= 0.3 is 0 Å². The van der Waals surface area contributed by atoms with Gasteiger partial charge in [-0.2, -0.15) is 0 Å². The van der Waals surface area contributed by atoms with Crippen molar-refractivity contribution in [2.24, 2.45) is 0 Å². The molecule has 0 aromatic rings. The predicted molar refractivity (Wildman–Crippen MR) is 53.3 cm³/mol. The fourth-order valence-corrected chi connectivity index (χ4v) is 1.82. The third kappa shape index (κ3) is 4.25. The molecular formula is C7H15NOS2. The van der Waals surface area contributed by atoms with Gasteiger partial charge in [-0.15, -0.1) is 11.7 Å². The van der Waals surface area contributed by atoms with Gasteiger partial charge in [-0.1, -0.05) is 10.8 Å². The van der Waals surface area contributed by atoms with E-state index in [1.807, 2.05) is 0 Å². The summed E-state index contributed by atoms with van der Waals surface area (Å²) >= 11 is 4.09. The van der Waals surface area contributed by atoms with Crippen molar-refractivity contribution in [3.05, 3.63) is 0 Å². The van der Waals surface area contributed by atoms with E-state index < -0.39 is 0 Å². The lowest BCUT2D eigenvalue weighted by Crippen LogP contribution is -2.36. The number of thiol groups is 1. The summed E-state index contributed by atoms with van der Waals surface area (Å²) in [6.07, 6.45) is 1.24. The monoisotopic (exact) mass is 193 g/mol. The van der Waals surface area contributed by atoms with E-state index >= 15 is 0 Å². The van der Waals surface area contributed by atoms with Crippen LogP contribution in [0.5, 0.6) is 0 Å². The number of nitrogens with zero attached hydrogens (tertiary/aromatic N) is 1. The lowest BCUT2D eigenvalue weighted by molar-refractivity contribution is 0.0381. The second kappa shape index (κ2) is 6.17. The largest absolute Gasteiger partial charge is 0.379 e. The van der Waals surface area contributed by atoms with Crippen molar-refractivity contribution in [3.8, 4) is 0 Å². The van der Waals surface area contributed by atoms with Crippen molar-refractivity contribution in [1.82, 2.24) is 4.90 Å². The van der Waals surface area contributed by atoms with Gasteiger partial charge < -0.3 is 4.74 Å². The highest BCUT2D eigenvalue weighted by molar-refractivity contribution is 8.68. The summed E-state index contributed by atoms with van der Waals surface area (Å²) in [5.41, 5.74) is 0. The molecule has 1 aliphatic rings. The second-order valence-electron chi connectivity index (χ2n) is 2.64. The number of ether oxygens (including phenoxy) is 1. The molecule has 4 heteroatoms. The number of morpholine rings is 1. The zero-order valence-corrected chi connectivity index (χ0v) is 8.37. The Bertz CT molecular complexity index is 96.4. The summed E-state index contributed by atoms with van der Waals surface area (Å²) in [6.45, 7) is 5.24. The first kappa shape index (κ1) is 9.71. The first-order valence-corrected chi connectivity index (χ1v) is 6.04. The Morgan fingerprint density at radius 2 is 2.09 bits per heavy atom. The fourth-order valence-electron chi connectivity index (χ4n) is 1.18. The molecule has 0 aliphatic carbocycles. The standard InChI is InChI=1S/C7H15NOS2/c10-11-7-1-2-8-3-5-9-6-4-8/h10H,1-7H2. The maximum Gasteiger partial charge on any atom is 0.0594 e. The summed E-state index contributed by atoms with van der Waals surface area (Å²) in [5.74, 6) is 1.15. The van der Waals surface area contributed by atoms with Gasteiger partial charge in [-0.3, -0.25) is 4.90 Å². The van der Waals surface area contributed by atoms with Crippen molar-refractivity contribution < 1.29 is 4.74 Å². The van der Waals surface area contributed by atoms with Crippen molar-refractivity contribution in [3.63, 3.8) is 0 Å². The SMILES string of the molecule is SSCCCN1CCOCC1. The van der Waals surface area contributed by atoms with Gasteiger partial charge in [0.2, 0.25) is 0 Å². The van der Waals surface area contributed by atoms with Crippen LogP contribution in [0.1, 0.15) is 6.42 Å². The molecule has 0 saturated carbocycles. The molecule has 0 amide bonds. The molecule has 0 spiro atoms. The molecule has 0 aromatic carbocycles.